The standard InChI is InChI=1S/C14H11BrClFINO/c1-20-13-6-11(17)9(15)5-8(13)14(19)7-2-3-12(18)10(16)4-7/h2-6,14H,19H2,1H3. The molecule has 2 aromatic rings. The van der Waals surface area contributed by atoms with Gasteiger partial charge in [-0.25, -0.2) is 4.39 Å². The zero-order valence-electron chi connectivity index (χ0n) is 10.5. The van der Waals surface area contributed by atoms with Crippen LogP contribution in [0.4, 0.5) is 4.39 Å². The molecule has 0 amide bonds. The molecule has 0 saturated heterocycles. The van der Waals surface area contributed by atoms with Crippen LogP contribution in [0.15, 0.2) is 34.8 Å². The Morgan fingerprint density at radius 2 is 2.05 bits per heavy atom. The van der Waals surface area contributed by atoms with Crippen LogP contribution in [0.3, 0.4) is 0 Å². The van der Waals surface area contributed by atoms with Crippen molar-refractivity contribution in [3.05, 3.63) is 60.3 Å². The Labute approximate surface area is 143 Å². The molecule has 0 aromatic heterocycles. The third kappa shape index (κ3) is 3.27. The second-order valence-electron chi connectivity index (χ2n) is 4.16. The minimum atomic E-state index is -0.448. The molecule has 20 heavy (non-hydrogen) atoms. The van der Waals surface area contributed by atoms with E-state index in [0.717, 1.165) is 9.13 Å². The maximum atomic E-state index is 13.5. The highest BCUT2D eigenvalue weighted by Crippen LogP contribution is 2.34. The molecular weight excluding hydrogens is 459 g/mol. The van der Waals surface area contributed by atoms with Crippen LogP contribution < -0.4 is 10.5 Å². The van der Waals surface area contributed by atoms with Gasteiger partial charge in [0.1, 0.15) is 11.6 Å². The predicted octanol–water partition coefficient (Wildman–Crippen LogP) is 4.90. The quantitative estimate of drug-likeness (QED) is 0.648. The number of hydrogen-bond acceptors (Lipinski definition) is 2. The van der Waals surface area contributed by atoms with Crippen molar-refractivity contribution in [1.82, 2.24) is 0 Å². The molecule has 0 heterocycles. The predicted molar refractivity (Wildman–Crippen MR) is 90.9 cm³/mol. The Kier molecular flexibility index (Phi) is 5.28. The summed E-state index contributed by atoms with van der Waals surface area (Å²) in [5, 5.41) is 0.638. The fraction of sp³-hybridized carbons (Fsp3) is 0.143. The Bertz CT molecular complexity index is 653. The third-order valence-corrected chi connectivity index (χ3v) is 5.09. The van der Waals surface area contributed by atoms with Gasteiger partial charge in [-0.3, -0.25) is 0 Å². The molecule has 6 heteroatoms. The van der Waals surface area contributed by atoms with Crippen molar-refractivity contribution in [2.24, 2.45) is 5.73 Å². The number of ether oxygens (including phenoxy) is 1. The zero-order valence-corrected chi connectivity index (χ0v) is 15.0. The lowest BCUT2D eigenvalue weighted by molar-refractivity contribution is 0.404. The van der Waals surface area contributed by atoms with Gasteiger partial charge in [-0.15, -0.1) is 0 Å². The summed E-state index contributed by atoms with van der Waals surface area (Å²) < 4.78 is 20.0. The van der Waals surface area contributed by atoms with Gasteiger partial charge >= 0.3 is 0 Å². The summed E-state index contributed by atoms with van der Waals surface area (Å²) >= 11 is 11.4. The Morgan fingerprint density at radius 1 is 1.35 bits per heavy atom. The molecule has 0 aliphatic carbocycles. The van der Waals surface area contributed by atoms with Crippen molar-refractivity contribution in [3.63, 3.8) is 0 Å². The molecular formula is C14H11BrClFINO. The van der Waals surface area contributed by atoms with E-state index in [2.05, 4.69) is 38.5 Å². The first-order chi connectivity index (χ1) is 9.43. The van der Waals surface area contributed by atoms with Crippen LogP contribution in [0.5, 0.6) is 5.75 Å². The number of rotatable bonds is 3. The van der Waals surface area contributed by atoms with Gasteiger partial charge in [-0.2, -0.15) is 0 Å². The maximum Gasteiger partial charge on any atom is 0.141 e. The first-order valence-corrected chi connectivity index (χ1v) is 7.92. The maximum absolute atomic E-state index is 13.5. The van der Waals surface area contributed by atoms with Gasteiger partial charge in [0.15, 0.2) is 0 Å². The van der Waals surface area contributed by atoms with E-state index in [1.165, 1.54) is 13.2 Å². The summed E-state index contributed by atoms with van der Waals surface area (Å²) in [7, 11) is 1.49. The first-order valence-electron chi connectivity index (χ1n) is 5.67. The molecule has 2 nitrogen and oxygen atoms in total. The summed E-state index contributed by atoms with van der Waals surface area (Å²) in [5.41, 5.74) is 7.78. The number of methoxy groups -OCH3 is 1. The monoisotopic (exact) mass is 469 g/mol. The topological polar surface area (TPSA) is 35.2 Å². The van der Waals surface area contributed by atoms with E-state index in [-0.39, 0.29) is 0 Å². The van der Waals surface area contributed by atoms with Gasteiger partial charge in [-0.1, -0.05) is 17.7 Å². The first kappa shape index (κ1) is 16.0. The SMILES string of the molecule is COc1cc(F)c(Br)cc1C(N)c1ccc(I)c(Cl)c1. The van der Waals surface area contributed by atoms with Gasteiger partial charge in [0, 0.05) is 15.2 Å². The van der Waals surface area contributed by atoms with Crippen molar-refractivity contribution in [2.45, 2.75) is 6.04 Å². The van der Waals surface area contributed by atoms with Crippen LogP contribution >= 0.6 is 50.1 Å². The Hall–Kier alpha value is -0.370. The zero-order chi connectivity index (χ0) is 14.9. The number of halogens is 4. The molecule has 0 saturated carbocycles. The smallest absolute Gasteiger partial charge is 0.141 e. The van der Waals surface area contributed by atoms with Crippen LogP contribution in [0, 0.1) is 9.39 Å². The molecule has 0 radical (unpaired) electrons. The van der Waals surface area contributed by atoms with Gasteiger partial charge in [-0.05, 0) is 62.3 Å². The van der Waals surface area contributed by atoms with E-state index in [1.807, 2.05) is 18.2 Å². The van der Waals surface area contributed by atoms with E-state index < -0.39 is 11.9 Å². The average Bonchev–Trinajstić information content (AvgIpc) is 2.43. The summed E-state index contributed by atoms with van der Waals surface area (Å²) in [5.74, 6) is 0.0197. The van der Waals surface area contributed by atoms with Crippen molar-refractivity contribution >= 4 is 50.1 Å². The van der Waals surface area contributed by atoms with Crippen molar-refractivity contribution in [2.75, 3.05) is 7.11 Å². The van der Waals surface area contributed by atoms with Gasteiger partial charge in [0.25, 0.3) is 0 Å². The second kappa shape index (κ2) is 6.60. The summed E-state index contributed by atoms with van der Waals surface area (Å²) in [6.07, 6.45) is 0. The molecule has 0 aliphatic rings. The molecule has 0 fully saturated rings. The highest BCUT2D eigenvalue weighted by Gasteiger charge is 2.17. The lowest BCUT2D eigenvalue weighted by Crippen LogP contribution is -2.13. The molecule has 2 rings (SSSR count). The summed E-state index contributed by atoms with van der Waals surface area (Å²) in [6, 6.07) is 8.09. The van der Waals surface area contributed by atoms with Crippen molar-refractivity contribution in [3.8, 4) is 5.75 Å². The Balaban J connectivity index is 2.49. The van der Waals surface area contributed by atoms with E-state index in [1.54, 1.807) is 6.07 Å². The molecule has 1 unspecified atom stereocenters. The minimum absolute atomic E-state index is 0.348. The van der Waals surface area contributed by atoms with Gasteiger partial charge in [0.2, 0.25) is 0 Å². The molecule has 2 N–H and O–H groups in total. The number of benzene rings is 2. The van der Waals surface area contributed by atoms with Crippen LogP contribution in [-0.4, -0.2) is 7.11 Å². The normalized spacial score (nSPS) is 12.3. The average molecular weight is 471 g/mol. The van der Waals surface area contributed by atoms with Crippen LogP contribution in [0.1, 0.15) is 17.2 Å². The highest BCUT2D eigenvalue weighted by molar-refractivity contribution is 14.1. The molecule has 106 valence electrons. The van der Waals surface area contributed by atoms with Gasteiger partial charge in [0.05, 0.1) is 22.6 Å². The number of hydrogen-bond donors (Lipinski definition) is 1. The lowest BCUT2D eigenvalue weighted by atomic mass is 9.99. The molecule has 1 atom stereocenters. The fourth-order valence-corrected chi connectivity index (χ4v) is 2.73. The van der Waals surface area contributed by atoms with Crippen molar-refractivity contribution in [1.29, 1.82) is 0 Å². The molecule has 0 aliphatic heterocycles. The largest absolute Gasteiger partial charge is 0.496 e. The fourth-order valence-electron chi connectivity index (χ4n) is 1.85. The van der Waals surface area contributed by atoms with Crippen LogP contribution in [0.2, 0.25) is 5.02 Å². The van der Waals surface area contributed by atoms with E-state index in [9.17, 15) is 4.39 Å². The molecule has 0 spiro atoms. The van der Waals surface area contributed by atoms with E-state index in [0.29, 0.717) is 20.8 Å². The van der Waals surface area contributed by atoms with E-state index >= 15 is 0 Å². The van der Waals surface area contributed by atoms with Crippen molar-refractivity contribution < 1.29 is 9.13 Å². The lowest BCUT2D eigenvalue weighted by Gasteiger charge is -2.17. The highest BCUT2D eigenvalue weighted by atomic mass is 127. The summed E-state index contributed by atoms with van der Waals surface area (Å²) in [4.78, 5) is 0. The van der Waals surface area contributed by atoms with Crippen LogP contribution in [-0.2, 0) is 0 Å². The minimum Gasteiger partial charge on any atom is -0.496 e. The molecule has 2 aromatic carbocycles. The Morgan fingerprint density at radius 3 is 2.65 bits per heavy atom. The van der Waals surface area contributed by atoms with Crippen LogP contribution in [0.25, 0.3) is 0 Å². The summed E-state index contributed by atoms with van der Waals surface area (Å²) in [6.45, 7) is 0. The number of nitrogens with two attached hydrogens (primary N) is 1. The second-order valence-corrected chi connectivity index (χ2v) is 6.58. The third-order valence-electron chi connectivity index (χ3n) is 2.91. The van der Waals surface area contributed by atoms with E-state index in [4.69, 9.17) is 22.1 Å². The van der Waals surface area contributed by atoms with Gasteiger partial charge < -0.3 is 10.5 Å². The molecule has 0 bridgehead atoms.